The smallest absolute Gasteiger partial charge is 0.344 e. The zero-order chi connectivity index (χ0) is 23.7. The van der Waals surface area contributed by atoms with E-state index in [4.69, 9.17) is 9.73 Å². The van der Waals surface area contributed by atoms with Crippen LogP contribution < -0.4 is 0 Å². The van der Waals surface area contributed by atoms with Crippen molar-refractivity contribution in [3.05, 3.63) is 11.3 Å². The van der Waals surface area contributed by atoms with Crippen LogP contribution in [0.4, 0.5) is 0 Å². The largest absolute Gasteiger partial charge is 0.507 e. The molecule has 1 unspecified atom stereocenters. The molecule has 0 saturated heterocycles. The molecule has 0 aromatic rings. The van der Waals surface area contributed by atoms with E-state index in [1.807, 2.05) is 0 Å². The number of aliphatic hydroxyl groups is 2. The molecular formula is C28H49NO4. The summed E-state index contributed by atoms with van der Waals surface area (Å²) in [7, 11) is 0. The molecule has 2 aliphatic rings. The molecule has 33 heavy (non-hydrogen) atoms. The Morgan fingerprint density at radius 2 is 1.42 bits per heavy atom. The summed E-state index contributed by atoms with van der Waals surface area (Å²) in [4.78, 5) is 17.2. The van der Waals surface area contributed by atoms with Crippen LogP contribution in [0.5, 0.6) is 0 Å². The highest BCUT2D eigenvalue weighted by atomic mass is 16.6. The van der Waals surface area contributed by atoms with Crippen LogP contribution in [0.25, 0.3) is 0 Å². The molecule has 0 bridgehead atoms. The van der Waals surface area contributed by atoms with E-state index >= 15 is 0 Å². The Bertz CT molecular complexity index is 607. The molecule has 1 aliphatic carbocycles. The molecule has 1 atom stereocenters. The van der Waals surface area contributed by atoms with Gasteiger partial charge in [-0.2, -0.15) is 0 Å². The van der Waals surface area contributed by atoms with Crippen LogP contribution in [0.2, 0.25) is 0 Å². The molecule has 1 saturated carbocycles. The van der Waals surface area contributed by atoms with E-state index in [1.54, 1.807) is 0 Å². The lowest BCUT2D eigenvalue weighted by molar-refractivity contribution is -0.141. The van der Waals surface area contributed by atoms with Gasteiger partial charge in [0, 0.05) is 6.54 Å². The molecule has 2 N–H and O–H groups in total. The SMILES string of the molecule is CCCCCCCCCCCCCCCC(=NCC1CCCCC1)C1=C(O)C(CO)OC1=O. The van der Waals surface area contributed by atoms with Crippen molar-refractivity contribution >= 4 is 11.7 Å². The minimum atomic E-state index is -0.931. The molecule has 0 aromatic heterocycles. The number of nitrogens with zero attached hydrogens (tertiary/aromatic N) is 1. The third-order valence-corrected chi connectivity index (χ3v) is 7.25. The highest BCUT2D eigenvalue weighted by Gasteiger charge is 2.36. The third-order valence-electron chi connectivity index (χ3n) is 7.25. The topological polar surface area (TPSA) is 79.1 Å². The van der Waals surface area contributed by atoms with Gasteiger partial charge in [-0.15, -0.1) is 0 Å². The van der Waals surface area contributed by atoms with Crippen LogP contribution in [0.1, 0.15) is 129 Å². The summed E-state index contributed by atoms with van der Waals surface area (Å²) in [5, 5.41) is 19.8. The maximum Gasteiger partial charge on any atom is 0.344 e. The lowest BCUT2D eigenvalue weighted by atomic mass is 9.89. The molecule has 2 rings (SSSR count). The number of hydrogen-bond donors (Lipinski definition) is 2. The molecule has 1 heterocycles. The minimum Gasteiger partial charge on any atom is -0.507 e. The van der Waals surface area contributed by atoms with Gasteiger partial charge in [-0.05, 0) is 31.6 Å². The van der Waals surface area contributed by atoms with Crippen molar-refractivity contribution in [2.75, 3.05) is 13.2 Å². The second-order valence-corrected chi connectivity index (χ2v) is 10.1. The van der Waals surface area contributed by atoms with Gasteiger partial charge < -0.3 is 14.9 Å². The predicted octanol–water partition coefficient (Wildman–Crippen LogP) is 7.22. The molecule has 5 heteroatoms. The fourth-order valence-corrected chi connectivity index (χ4v) is 5.10. The summed E-state index contributed by atoms with van der Waals surface area (Å²) in [5.74, 6) is -0.0996. The van der Waals surface area contributed by atoms with Crippen molar-refractivity contribution < 1.29 is 19.7 Å². The van der Waals surface area contributed by atoms with Crippen molar-refractivity contribution in [2.24, 2.45) is 10.9 Å². The standard InChI is InChI=1S/C28H49NO4/c1-2-3-4-5-6-7-8-9-10-11-12-13-17-20-24(29-21-23-18-15-14-16-19-23)26-27(31)25(22-30)33-28(26)32/h23,25,30-31H,2-22H2,1H3. The number of carbonyl (C=O) groups excluding carboxylic acids is 1. The third kappa shape index (κ3) is 10.6. The zero-order valence-electron chi connectivity index (χ0n) is 21.2. The Labute approximate surface area is 202 Å². The molecular weight excluding hydrogens is 414 g/mol. The highest BCUT2D eigenvalue weighted by Crippen LogP contribution is 2.27. The molecule has 5 nitrogen and oxygen atoms in total. The molecule has 1 fully saturated rings. The van der Waals surface area contributed by atoms with E-state index in [-0.39, 0.29) is 11.3 Å². The van der Waals surface area contributed by atoms with E-state index in [0.717, 1.165) is 19.4 Å². The van der Waals surface area contributed by atoms with E-state index in [1.165, 1.54) is 103 Å². The lowest BCUT2D eigenvalue weighted by Gasteiger charge is -2.20. The Morgan fingerprint density at radius 3 is 1.94 bits per heavy atom. The van der Waals surface area contributed by atoms with Gasteiger partial charge in [-0.3, -0.25) is 4.99 Å². The predicted molar refractivity (Wildman–Crippen MR) is 136 cm³/mol. The number of ether oxygens (including phenoxy) is 1. The normalized spacial score (nSPS) is 20.0. The second-order valence-electron chi connectivity index (χ2n) is 10.1. The van der Waals surface area contributed by atoms with Crippen LogP contribution in [0.15, 0.2) is 16.3 Å². The van der Waals surface area contributed by atoms with Gasteiger partial charge in [0.25, 0.3) is 0 Å². The Kier molecular flexibility index (Phi) is 14.5. The first-order valence-electron chi connectivity index (χ1n) is 14.0. The quantitative estimate of drug-likeness (QED) is 0.128. The number of rotatable bonds is 18. The molecule has 0 radical (unpaired) electrons. The summed E-state index contributed by atoms with van der Waals surface area (Å²) in [6.45, 7) is 2.60. The summed E-state index contributed by atoms with van der Waals surface area (Å²) in [6, 6.07) is 0. The maximum atomic E-state index is 12.3. The van der Waals surface area contributed by atoms with Gasteiger partial charge in [0.15, 0.2) is 11.9 Å². The van der Waals surface area contributed by atoms with Gasteiger partial charge in [0.2, 0.25) is 0 Å². The monoisotopic (exact) mass is 463 g/mol. The summed E-state index contributed by atoms with van der Waals surface area (Å²) < 4.78 is 5.13. The number of aliphatic hydroxyl groups excluding tert-OH is 2. The first-order valence-corrected chi connectivity index (χ1v) is 14.0. The van der Waals surface area contributed by atoms with Crippen molar-refractivity contribution in [1.82, 2.24) is 0 Å². The Morgan fingerprint density at radius 1 is 0.879 bits per heavy atom. The van der Waals surface area contributed by atoms with Crippen molar-refractivity contribution in [3.8, 4) is 0 Å². The van der Waals surface area contributed by atoms with Gasteiger partial charge in [0.1, 0.15) is 5.57 Å². The summed E-state index contributed by atoms with van der Waals surface area (Å²) in [6.07, 6.45) is 22.9. The fourth-order valence-electron chi connectivity index (χ4n) is 5.10. The average molecular weight is 464 g/mol. The number of cyclic esters (lactones) is 1. The van der Waals surface area contributed by atoms with Crippen molar-refractivity contribution in [1.29, 1.82) is 0 Å². The van der Waals surface area contributed by atoms with Crippen LogP contribution in [-0.4, -0.2) is 41.1 Å². The van der Waals surface area contributed by atoms with Crippen LogP contribution in [0, 0.1) is 5.92 Å². The maximum absolute atomic E-state index is 12.3. The Hall–Kier alpha value is -1.36. The van der Waals surface area contributed by atoms with Crippen molar-refractivity contribution in [3.63, 3.8) is 0 Å². The molecule has 0 amide bonds. The van der Waals surface area contributed by atoms with Gasteiger partial charge in [0.05, 0.1) is 12.3 Å². The van der Waals surface area contributed by atoms with Crippen LogP contribution in [0.3, 0.4) is 0 Å². The summed E-state index contributed by atoms with van der Waals surface area (Å²) in [5.41, 5.74) is 0.894. The number of unbranched alkanes of at least 4 members (excludes halogenated alkanes) is 12. The van der Waals surface area contributed by atoms with Crippen molar-refractivity contribution in [2.45, 2.75) is 135 Å². The number of aliphatic imine (C=N–C) groups is 1. The van der Waals surface area contributed by atoms with Crippen LogP contribution >= 0.6 is 0 Å². The Balaban J connectivity index is 1.69. The average Bonchev–Trinajstić information content (AvgIpc) is 3.12. The zero-order valence-corrected chi connectivity index (χ0v) is 21.2. The summed E-state index contributed by atoms with van der Waals surface area (Å²) >= 11 is 0. The van der Waals surface area contributed by atoms with Gasteiger partial charge >= 0.3 is 5.97 Å². The minimum absolute atomic E-state index is 0.139. The van der Waals surface area contributed by atoms with E-state index in [0.29, 0.717) is 18.1 Å². The van der Waals surface area contributed by atoms with Gasteiger partial charge in [-0.25, -0.2) is 4.79 Å². The van der Waals surface area contributed by atoms with Gasteiger partial charge in [-0.1, -0.05) is 103 Å². The first kappa shape index (κ1) is 27.9. The highest BCUT2D eigenvalue weighted by molar-refractivity contribution is 6.21. The number of carbonyl (C=O) groups is 1. The van der Waals surface area contributed by atoms with E-state index in [9.17, 15) is 15.0 Å². The molecule has 0 spiro atoms. The number of hydrogen-bond acceptors (Lipinski definition) is 5. The van der Waals surface area contributed by atoms with E-state index < -0.39 is 18.7 Å². The lowest BCUT2D eigenvalue weighted by Crippen LogP contribution is -2.16. The number of esters is 1. The molecule has 1 aliphatic heterocycles. The fraction of sp³-hybridized carbons (Fsp3) is 0.857. The second kappa shape index (κ2) is 17.1. The van der Waals surface area contributed by atoms with Crippen LogP contribution in [-0.2, 0) is 9.53 Å². The first-order chi connectivity index (χ1) is 16.2. The molecule has 0 aromatic carbocycles. The molecule has 190 valence electrons. The van der Waals surface area contributed by atoms with E-state index in [2.05, 4.69) is 6.92 Å².